The van der Waals surface area contributed by atoms with E-state index in [-0.39, 0.29) is 5.91 Å². The first-order chi connectivity index (χ1) is 11.5. The zero-order chi connectivity index (χ0) is 17.7. The first-order valence-electron chi connectivity index (χ1n) is 8.32. The van der Waals surface area contributed by atoms with Gasteiger partial charge in [-0.2, -0.15) is 5.10 Å². The summed E-state index contributed by atoms with van der Waals surface area (Å²) >= 11 is 0. The van der Waals surface area contributed by atoms with Gasteiger partial charge in [0, 0.05) is 41.8 Å². The summed E-state index contributed by atoms with van der Waals surface area (Å²) in [5.41, 5.74) is 8.37. The van der Waals surface area contributed by atoms with Crippen LogP contribution in [0.4, 0.5) is 5.69 Å². The molecule has 1 amide bonds. The minimum Gasteiger partial charge on any atom is -0.372 e. The van der Waals surface area contributed by atoms with E-state index in [1.165, 1.54) is 0 Å². The lowest BCUT2D eigenvalue weighted by molar-refractivity contribution is 0.0955. The van der Waals surface area contributed by atoms with Crippen LogP contribution in [0.25, 0.3) is 0 Å². The van der Waals surface area contributed by atoms with Gasteiger partial charge >= 0.3 is 0 Å². The van der Waals surface area contributed by atoms with E-state index in [1.807, 2.05) is 51.2 Å². The van der Waals surface area contributed by atoms with E-state index in [2.05, 4.69) is 34.3 Å². The lowest BCUT2D eigenvalue weighted by Crippen LogP contribution is -2.22. The van der Waals surface area contributed by atoms with Crippen LogP contribution in [0.1, 0.15) is 48.0 Å². The Morgan fingerprint density at radius 3 is 2.29 bits per heavy atom. The summed E-state index contributed by atoms with van der Waals surface area (Å²) in [7, 11) is 0. The standard InChI is InChI=1S/C19H26N4O/c1-6-23(7-2)17-10-8-16(9-11-17)19(24)22-21-15(5)18-13(3)12-20-14(18)4/h8-12,20H,6-7H2,1-5H3,(H,22,24)/b21-15+. The van der Waals surface area contributed by atoms with Crippen molar-refractivity contribution in [2.75, 3.05) is 18.0 Å². The molecule has 2 N–H and O–H groups in total. The molecule has 24 heavy (non-hydrogen) atoms. The normalized spacial score (nSPS) is 11.5. The van der Waals surface area contributed by atoms with Gasteiger partial charge in [-0.05, 0) is 64.4 Å². The van der Waals surface area contributed by atoms with Gasteiger partial charge in [0.1, 0.15) is 0 Å². The van der Waals surface area contributed by atoms with Crippen LogP contribution in [0.3, 0.4) is 0 Å². The third kappa shape index (κ3) is 3.85. The molecule has 1 aromatic carbocycles. The third-order valence-corrected chi connectivity index (χ3v) is 4.22. The van der Waals surface area contributed by atoms with Gasteiger partial charge in [-0.3, -0.25) is 4.79 Å². The van der Waals surface area contributed by atoms with Crippen LogP contribution in [0, 0.1) is 13.8 Å². The summed E-state index contributed by atoms with van der Waals surface area (Å²) in [4.78, 5) is 17.7. The highest BCUT2D eigenvalue weighted by molar-refractivity contribution is 6.02. The Bertz CT molecular complexity index is 705. The van der Waals surface area contributed by atoms with Crippen molar-refractivity contribution in [2.45, 2.75) is 34.6 Å². The van der Waals surface area contributed by atoms with E-state index >= 15 is 0 Å². The van der Waals surface area contributed by atoms with Crippen LogP contribution >= 0.6 is 0 Å². The molecule has 0 aliphatic rings. The van der Waals surface area contributed by atoms with Crippen LogP contribution in [-0.2, 0) is 0 Å². The quantitative estimate of drug-likeness (QED) is 0.629. The lowest BCUT2D eigenvalue weighted by Gasteiger charge is -2.20. The van der Waals surface area contributed by atoms with Gasteiger partial charge < -0.3 is 9.88 Å². The van der Waals surface area contributed by atoms with E-state index < -0.39 is 0 Å². The highest BCUT2D eigenvalue weighted by Crippen LogP contribution is 2.15. The van der Waals surface area contributed by atoms with Crippen LogP contribution in [0.2, 0.25) is 0 Å². The molecule has 0 unspecified atom stereocenters. The number of hydrogen-bond acceptors (Lipinski definition) is 3. The Labute approximate surface area is 143 Å². The Balaban J connectivity index is 2.08. The highest BCUT2D eigenvalue weighted by Gasteiger charge is 2.10. The van der Waals surface area contributed by atoms with Crippen LogP contribution in [0.15, 0.2) is 35.6 Å². The number of aromatic nitrogens is 1. The van der Waals surface area contributed by atoms with Crippen LogP contribution in [-0.4, -0.2) is 29.7 Å². The van der Waals surface area contributed by atoms with Crippen molar-refractivity contribution in [1.29, 1.82) is 0 Å². The smallest absolute Gasteiger partial charge is 0.271 e. The molecule has 0 saturated carbocycles. The number of carbonyl (C=O) groups is 1. The monoisotopic (exact) mass is 326 g/mol. The number of rotatable bonds is 6. The maximum atomic E-state index is 12.3. The molecule has 0 aliphatic carbocycles. The van der Waals surface area contributed by atoms with Gasteiger partial charge in [0.15, 0.2) is 0 Å². The lowest BCUT2D eigenvalue weighted by atomic mass is 10.1. The second-order valence-electron chi connectivity index (χ2n) is 5.83. The van der Waals surface area contributed by atoms with Crippen molar-refractivity contribution in [3.63, 3.8) is 0 Å². The van der Waals surface area contributed by atoms with Crippen LogP contribution < -0.4 is 10.3 Å². The summed E-state index contributed by atoms with van der Waals surface area (Å²) < 4.78 is 0. The predicted octanol–water partition coefficient (Wildman–Crippen LogP) is 3.63. The molecule has 5 nitrogen and oxygen atoms in total. The Morgan fingerprint density at radius 1 is 1.17 bits per heavy atom. The Morgan fingerprint density at radius 2 is 1.79 bits per heavy atom. The largest absolute Gasteiger partial charge is 0.372 e. The number of hydrazone groups is 1. The van der Waals surface area contributed by atoms with Crippen molar-refractivity contribution in [2.24, 2.45) is 5.10 Å². The molecule has 128 valence electrons. The van der Waals surface area contributed by atoms with Gasteiger partial charge in [-0.25, -0.2) is 5.43 Å². The molecule has 5 heteroatoms. The number of anilines is 1. The van der Waals surface area contributed by atoms with Gasteiger partial charge in [-0.15, -0.1) is 0 Å². The van der Waals surface area contributed by atoms with Gasteiger partial charge in [0.05, 0.1) is 5.71 Å². The van der Waals surface area contributed by atoms with Crippen molar-refractivity contribution in [3.05, 3.63) is 52.8 Å². The third-order valence-electron chi connectivity index (χ3n) is 4.22. The van der Waals surface area contributed by atoms with Gasteiger partial charge in [0.2, 0.25) is 0 Å². The van der Waals surface area contributed by atoms with E-state index in [9.17, 15) is 4.79 Å². The van der Waals surface area contributed by atoms with E-state index in [1.54, 1.807) is 0 Å². The van der Waals surface area contributed by atoms with Crippen LogP contribution in [0.5, 0.6) is 0 Å². The molecular weight excluding hydrogens is 300 g/mol. The number of nitrogens with zero attached hydrogens (tertiary/aromatic N) is 2. The molecule has 1 heterocycles. The Kier molecular flexibility index (Phi) is 5.79. The number of H-pyrrole nitrogens is 1. The van der Waals surface area contributed by atoms with Crippen molar-refractivity contribution in [1.82, 2.24) is 10.4 Å². The van der Waals surface area contributed by atoms with Crippen molar-refractivity contribution >= 4 is 17.3 Å². The molecule has 0 saturated heterocycles. The second-order valence-corrected chi connectivity index (χ2v) is 5.83. The van der Waals surface area contributed by atoms with Crippen molar-refractivity contribution < 1.29 is 4.79 Å². The summed E-state index contributed by atoms with van der Waals surface area (Å²) in [6.07, 6.45) is 1.94. The number of benzene rings is 1. The maximum Gasteiger partial charge on any atom is 0.271 e. The molecule has 0 radical (unpaired) electrons. The fraction of sp³-hybridized carbons (Fsp3) is 0.368. The molecule has 0 aliphatic heterocycles. The summed E-state index contributed by atoms with van der Waals surface area (Å²) in [6, 6.07) is 7.61. The van der Waals surface area contributed by atoms with Gasteiger partial charge in [0.25, 0.3) is 5.91 Å². The molecule has 2 aromatic rings. The van der Waals surface area contributed by atoms with E-state index in [4.69, 9.17) is 0 Å². The number of carbonyl (C=O) groups excluding carboxylic acids is 1. The van der Waals surface area contributed by atoms with E-state index in [0.29, 0.717) is 5.56 Å². The molecule has 1 aromatic heterocycles. The second kappa shape index (κ2) is 7.81. The molecule has 0 fully saturated rings. The molecule has 0 spiro atoms. The maximum absolute atomic E-state index is 12.3. The highest BCUT2D eigenvalue weighted by atomic mass is 16.2. The van der Waals surface area contributed by atoms with Crippen molar-refractivity contribution in [3.8, 4) is 0 Å². The van der Waals surface area contributed by atoms with E-state index in [0.717, 1.165) is 41.3 Å². The number of aromatic amines is 1. The Hall–Kier alpha value is -2.56. The number of aryl methyl sites for hydroxylation is 2. The number of nitrogens with one attached hydrogen (secondary N) is 2. The molecule has 0 bridgehead atoms. The first kappa shape index (κ1) is 17.8. The average molecular weight is 326 g/mol. The minimum atomic E-state index is -0.203. The fourth-order valence-corrected chi connectivity index (χ4v) is 2.88. The minimum absolute atomic E-state index is 0.203. The summed E-state index contributed by atoms with van der Waals surface area (Å²) in [5, 5.41) is 4.24. The average Bonchev–Trinajstić information content (AvgIpc) is 2.93. The summed E-state index contributed by atoms with van der Waals surface area (Å²) in [5.74, 6) is -0.203. The predicted molar refractivity (Wildman–Crippen MR) is 99.9 cm³/mol. The zero-order valence-corrected chi connectivity index (χ0v) is 15.1. The number of hydrogen-bond donors (Lipinski definition) is 2. The topological polar surface area (TPSA) is 60.5 Å². The molecule has 2 rings (SSSR count). The number of amides is 1. The molecule has 0 atom stereocenters. The fourth-order valence-electron chi connectivity index (χ4n) is 2.88. The summed E-state index contributed by atoms with van der Waals surface area (Å²) in [6.45, 7) is 12.0. The zero-order valence-electron chi connectivity index (χ0n) is 15.1. The molecular formula is C19H26N4O. The van der Waals surface area contributed by atoms with Gasteiger partial charge in [-0.1, -0.05) is 0 Å². The first-order valence-corrected chi connectivity index (χ1v) is 8.32. The SMILES string of the molecule is CCN(CC)c1ccc(C(=O)N/N=C(\C)c2c(C)c[nH]c2C)cc1.